The first-order chi connectivity index (χ1) is 12.7. The summed E-state index contributed by atoms with van der Waals surface area (Å²) in [5, 5.41) is 3.38. The Kier molecular flexibility index (Phi) is 4.65. The molecule has 0 bridgehead atoms. The number of ether oxygens (including phenoxy) is 1. The molecule has 0 unspecified atom stereocenters. The lowest BCUT2D eigenvalue weighted by atomic mass is 9.86. The molecule has 1 saturated heterocycles. The van der Waals surface area contributed by atoms with Crippen LogP contribution in [0.4, 0.5) is 5.69 Å². The van der Waals surface area contributed by atoms with E-state index in [0.29, 0.717) is 30.9 Å². The third kappa shape index (κ3) is 3.19. The van der Waals surface area contributed by atoms with Crippen LogP contribution < -0.4 is 5.32 Å². The first-order valence-electron chi connectivity index (χ1n) is 8.78. The lowest BCUT2D eigenvalue weighted by Gasteiger charge is -2.30. The van der Waals surface area contributed by atoms with Crippen LogP contribution in [-0.4, -0.2) is 49.3 Å². The van der Waals surface area contributed by atoms with E-state index in [1.54, 1.807) is 12.1 Å². The van der Waals surface area contributed by atoms with E-state index in [1.165, 1.54) is 0 Å². The van der Waals surface area contributed by atoms with Crippen molar-refractivity contribution in [2.24, 2.45) is 0 Å². The summed E-state index contributed by atoms with van der Waals surface area (Å²) in [7, 11) is 0. The molecule has 1 fully saturated rings. The van der Waals surface area contributed by atoms with Crippen LogP contribution in [0.15, 0.2) is 60.2 Å². The van der Waals surface area contributed by atoms with Gasteiger partial charge in [-0.05, 0) is 12.1 Å². The largest absolute Gasteiger partial charge is 0.379 e. The van der Waals surface area contributed by atoms with E-state index in [1.807, 2.05) is 42.5 Å². The average molecular weight is 348 g/mol. The van der Waals surface area contributed by atoms with Crippen LogP contribution in [0.2, 0.25) is 0 Å². The van der Waals surface area contributed by atoms with Gasteiger partial charge in [-0.1, -0.05) is 42.5 Å². The van der Waals surface area contributed by atoms with Gasteiger partial charge in [-0.2, -0.15) is 0 Å². The highest BCUT2D eigenvalue weighted by atomic mass is 16.5. The SMILES string of the molecule is O=C1C(=O)c2ccccc2C(Nc2ccccc2)=C1CN1CCOCC1. The maximum atomic E-state index is 12.9. The summed E-state index contributed by atoms with van der Waals surface area (Å²) in [6, 6.07) is 17.0. The van der Waals surface area contributed by atoms with Crippen LogP contribution in [-0.2, 0) is 9.53 Å². The lowest BCUT2D eigenvalue weighted by molar-refractivity contribution is -0.112. The monoisotopic (exact) mass is 348 g/mol. The van der Waals surface area contributed by atoms with Crippen molar-refractivity contribution in [1.29, 1.82) is 0 Å². The second-order valence-electron chi connectivity index (χ2n) is 6.44. The highest BCUT2D eigenvalue weighted by Gasteiger charge is 2.33. The van der Waals surface area contributed by atoms with Crippen molar-refractivity contribution in [3.8, 4) is 0 Å². The van der Waals surface area contributed by atoms with E-state index in [2.05, 4.69) is 10.2 Å². The summed E-state index contributed by atoms with van der Waals surface area (Å²) >= 11 is 0. The number of rotatable bonds is 4. The molecule has 0 saturated carbocycles. The summed E-state index contributed by atoms with van der Waals surface area (Å²) in [5.41, 5.74) is 3.38. The van der Waals surface area contributed by atoms with Crippen molar-refractivity contribution < 1.29 is 14.3 Å². The van der Waals surface area contributed by atoms with E-state index in [4.69, 9.17) is 4.74 Å². The predicted molar refractivity (Wildman–Crippen MR) is 100 cm³/mol. The third-order valence-corrected chi connectivity index (χ3v) is 4.75. The summed E-state index contributed by atoms with van der Waals surface area (Å²) in [6.45, 7) is 3.24. The molecule has 1 aliphatic carbocycles. The minimum Gasteiger partial charge on any atom is -0.379 e. The van der Waals surface area contributed by atoms with E-state index < -0.39 is 11.6 Å². The van der Waals surface area contributed by atoms with Gasteiger partial charge in [0.1, 0.15) is 0 Å². The number of carbonyl (C=O) groups is 2. The van der Waals surface area contributed by atoms with Gasteiger partial charge in [-0.15, -0.1) is 0 Å². The molecule has 0 amide bonds. The number of ketones is 2. The molecule has 0 aromatic heterocycles. The Labute approximate surface area is 152 Å². The quantitative estimate of drug-likeness (QED) is 0.861. The molecule has 1 N–H and O–H groups in total. The van der Waals surface area contributed by atoms with Crippen LogP contribution in [0.3, 0.4) is 0 Å². The number of hydrogen-bond acceptors (Lipinski definition) is 5. The van der Waals surface area contributed by atoms with Gasteiger partial charge in [-0.3, -0.25) is 14.5 Å². The molecular formula is C21H20N2O3. The number of nitrogens with zero attached hydrogens (tertiary/aromatic N) is 1. The van der Waals surface area contributed by atoms with Gasteiger partial charge in [0.05, 0.1) is 18.9 Å². The number of Topliss-reactive ketones (excluding diaryl/α,β-unsaturated/α-hetero) is 2. The number of fused-ring (bicyclic) bond motifs is 1. The van der Waals surface area contributed by atoms with Gasteiger partial charge in [0.2, 0.25) is 11.6 Å². The average Bonchev–Trinajstić information content (AvgIpc) is 2.70. The number of anilines is 1. The van der Waals surface area contributed by atoms with Crippen LogP contribution in [0.5, 0.6) is 0 Å². The molecule has 26 heavy (non-hydrogen) atoms. The van der Waals surface area contributed by atoms with Crippen molar-refractivity contribution >= 4 is 23.0 Å². The molecule has 5 nitrogen and oxygen atoms in total. The van der Waals surface area contributed by atoms with Gasteiger partial charge < -0.3 is 10.1 Å². The fourth-order valence-electron chi connectivity index (χ4n) is 3.38. The topological polar surface area (TPSA) is 58.6 Å². The van der Waals surface area contributed by atoms with Crippen LogP contribution in [0.1, 0.15) is 15.9 Å². The number of nitrogens with one attached hydrogen (secondary N) is 1. The predicted octanol–water partition coefficient (Wildman–Crippen LogP) is 2.61. The van der Waals surface area contributed by atoms with Crippen LogP contribution in [0.25, 0.3) is 5.70 Å². The summed E-state index contributed by atoms with van der Waals surface area (Å²) < 4.78 is 5.39. The van der Waals surface area contributed by atoms with Crippen molar-refractivity contribution in [2.75, 3.05) is 38.2 Å². The zero-order valence-corrected chi connectivity index (χ0v) is 14.4. The van der Waals surface area contributed by atoms with Gasteiger partial charge in [0, 0.05) is 42.0 Å². The Morgan fingerprint density at radius 3 is 2.23 bits per heavy atom. The van der Waals surface area contributed by atoms with E-state index in [0.717, 1.165) is 30.0 Å². The minimum absolute atomic E-state index is 0.423. The first-order valence-corrected chi connectivity index (χ1v) is 8.78. The standard InChI is InChI=1S/C21H20N2O3/c24-20-17-9-5-4-8-16(17)19(22-15-6-2-1-3-7-15)18(21(20)25)14-23-10-12-26-13-11-23/h1-9,22H,10-14H2. The molecule has 132 valence electrons. The van der Waals surface area contributed by atoms with Crippen molar-refractivity contribution in [2.45, 2.75) is 0 Å². The Morgan fingerprint density at radius 2 is 1.50 bits per heavy atom. The highest BCUT2D eigenvalue weighted by Crippen LogP contribution is 2.31. The first kappa shape index (κ1) is 16.7. The van der Waals surface area contributed by atoms with Crippen molar-refractivity contribution in [1.82, 2.24) is 4.90 Å². The Hall–Kier alpha value is -2.76. The summed E-state index contributed by atoms with van der Waals surface area (Å²) in [5.74, 6) is -0.851. The van der Waals surface area contributed by atoms with Gasteiger partial charge in [0.25, 0.3) is 0 Å². The number of benzene rings is 2. The van der Waals surface area contributed by atoms with Crippen molar-refractivity contribution in [3.63, 3.8) is 0 Å². The third-order valence-electron chi connectivity index (χ3n) is 4.75. The molecular weight excluding hydrogens is 328 g/mol. The second kappa shape index (κ2) is 7.23. The van der Waals surface area contributed by atoms with Gasteiger partial charge in [-0.25, -0.2) is 0 Å². The summed E-state index contributed by atoms with van der Waals surface area (Å²) in [6.07, 6.45) is 0. The van der Waals surface area contributed by atoms with Crippen LogP contribution >= 0.6 is 0 Å². The molecule has 2 aliphatic rings. The maximum absolute atomic E-state index is 12.9. The van der Waals surface area contributed by atoms with E-state index >= 15 is 0 Å². The zero-order chi connectivity index (χ0) is 17.9. The lowest BCUT2D eigenvalue weighted by Crippen LogP contribution is -2.40. The van der Waals surface area contributed by atoms with Gasteiger partial charge in [0.15, 0.2) is 0 Å². The molecule has 1 aliphatic heterocycles. The smallest absolute Gasteiger partial charge is 0.233 e. The molecule has 0 radical (unpaired) electrons. The molecule has 2 aromatic carbocycles. The number of morpholine rings is 1. The Morgan fingerprint density at radius 1 is 0.846 bits per heavy atom. The zero-order valence-electron chi connectivity index (χ0n) is 14.4. The molecule has 4 rings (SSSR count). The van der Waals surface area contributed by atoms with Crippen molar-refractivity contribution in [3.05, 3.63) is 71.3 Å². The Bertz CT molecular complexity index is 868. The molecule has 0 spiro atoms. The molecule has 0 atom stereocenters. The number of para-hydroxylation sites is 1. The fraction of sp³-hybridized carbons (Fsp3) is 0.238. The molecule has 5 heteroatoms. The summed E-state index contributed by atoms with van der Waals surface area (Å²) in [4.78, 5) is 27.6. The molecule has 2 aromatic rings. The van der Waals surface area contributed by atoms with Gasteiger partial charge >= 0.3 is 0 Å². The Balaban J connectivity index is 1.78. The number of carbonyl (C=O) groups excluding carboxylic acids is 2. The number of hydrogen-bond donors (Lipinski definition) is 1. The van der Waals surface area contributed by atoms with E-state index in [9.17, 15) is 9.59 Å². The maximum Gasteiger partial charge on any atom is 0.233 e. The highest BCUT2D eigenvalue weighted by molar-refractivity contribution is 6.52. The van der Waals surface area contributed by atoms with E-state index in [-0.39, 0.29) is 0 Å². The minimum atomic E-state index is -0.428. The second-order valence-corrected chi connectivity index (χ2v) is 6.44. The van der Waals surface area contributed by atoms with Crippen LogP contribution in [0, 0.1) is 0 Å². The normalized spacial score (nSPS) is 18.0. The molecule has 1 heterocycles. The fourth-order valence-corrected chi connectivity index (χ4v) is 3.38.